The molecule has 2 fully saturated rings. The van der Waals surface area contributed by atoms with Crippen molar-refractivity contribution in [2.45, 2.75) is 57.6 Å². The molecule has 0 radical (unpaired) electrons. The monoisotopic (exact) mass is 543 g/mol. The number of nitrogens with zero attached hydrogens (tertiary/aromatic N) is 6. The first-order valence-electron chi connectivity index (χ1n) is 13.8. The van der Waals surface area contributed by atoms with Gasteiger partial charge in [0.25, 0.3) is 6.43 Å². The molecule has 39 heavy (non-hydrogen) atoms. The lowest BCUT2D eigenvalue weighted by molar-refractivity contribution is 0.0228. The number of aliphatic hydroxyl groups is 1. The number of morpholine rings is 1. The summed E-state index contributed by atoms with van der Waals surface area (Å²) in [5.41, 5.74) is 0.373. The lowest BCUT2D eigenvalue weighted by Gasteiger charge is -2.37. The van der Waals surface area contributed by atoms with Crippen LogP contribution in [-0.2, 0) is 4.74 Å². The van der Waals surface area contributed by atoms with Gasteiger partial charge in [-0.1, -0.05) is 12.1 Å². The third kappa shape index (κ3) is 6.64. The van der Waals surface area contributed by atoms with E-state index in [9.17, 15) is 13.9 Å². The lowest BCUT2D eigenvalue weighted by Crippen LogP contribution is -2.43. The number of likely N-dealkylation sites (N-methyl/N-ethyl adjacent to an activating group) is 1. The molecule has 11 heteroatoms. The Labute approximate surface area is 228 Å². The molecule has 1 saturated carbocycles. The van der Waals surface area contributed by atoms with Crippen LogP contribution in [0.3, 0.4) is 0 Å². The van der Waals surface area contributed by atoms with Crippen LogP contribution in [0.15, 0.2) is 30.3 Å². The van der Waals surface area contributed by atoms with E-state index in [0.717, 1.165) is 25.7 Å². The largest absolute Gasteiger partial charge is 0.389 e. The second-order valence-electron chi connectivity index (χ2n) is 11.4. The van der Waals surface area contributed by atoms with E-state index in [1.165, 1.54) is 4.57 Å². The van der Waals surface area contributed by atoms with Crippen LogP contribution in [0.2, 0.25) is 0 Å². The zero-order chi connectivity index (χ0) is 27.6. The van der Waals surface area contributed by atoms with Crippen molar-refractivity contribution in [1.82, 2.24) is 24.4 Å². The van der Waals surface area contributed by atoms with Crippen LogP contribution >= 0.6 is 0 Å². The summed E-state index contributed by atoms with van der Waals surface area (Å²) in [6.45, 7) is 7.56. The number of nitrogens with one attached hydrogen (secondary N) is 1. The van der Waals surface area contributed by atoms with Crippen molar-refractivity contribution in [3.8, 4) is 5.82 Å². The number of halogens is 2. The minimum Gasteiger partial charge on any atom is -0.389 e. The number of anilines is 2. The smallest absolute Gasteiger partial charge is 0.296 e. The molecule has 2 aliphatic rings. The number of hydrogen-bond donors (Lipinski definition) is 2. The van der Waals surface area contributed by atoms with Gasteiger partial charge in [-0.05, 0) is 64.6 Å². The summed E-state index contributed by atoms with van der Waals surface area (Å²) in [6, 6.07) is 9.34. The minimum absolute atomic E-state index is 0.331. The van der Waals surface area contributed by atoms with Crippen molar-refractivity contribution in [3.63, 3.8) is 0 Å². The van der Waals surface area contributed by atoms with E-state index < -0.39 is 12.0 Å². The van der Waals surface area contributed by atoms with E-state index in [2.05, 4.69) is 27.1 Å². The fourth-order valence-corrected chi connectivity index (χ4v) is 5.77. The molecule has 0 spiro atoms. The highest BCUT2D eigenvalue weighted by Gasteiger charge is 2.28. The summed E-state index contributed by atoms with van der Waals surface area (Å²) in [5, 5.41) is 13.6. The molecular weight excluding hydrogens is 504 g/mol. The molecule has 2 N–H and O–H groups in total. The van der Waals surface area contributed by atoms with Gasteiger partial charge in [0, 0.05) is 38.3 Å². The van der Waals surface area contributed by atoms with Crippen molar-refractivity contribution in [3.05, 3.63) is 36.2 Å². The van der Waals surface area contributed by atoms with Crippen LogP contribution in [0.25, 0.3) is 16.9 Å². The highest BCUT2D eigenvalue weighted by molar-refractivity contribution is 5.78. The molecule has 0 atom stereocenters. The van der Waals surface area contributed by atoms with Gasteiger partial charge in [0.1, 0.15) is 11.6 Å². The highest BCUT2D eigenvalue weighted by Crippen LogP contribution is 2.31. The molecule has 1 aromatic carbocycles. The number of benzene rings is 1. The Kier molecular flexibility index (Phi) is 8.29. The summed E-state index contributed by atoms with van der Waals surface area (Å²) in [5.74, 6) is 1.60. The molecule has 1 saturated heterocycles. The Bertz CT molecular complexity index is 1250. The van der Waals surface area contributed by atoms with Gasteiger partial charge in [0.2, 0.25) is 5.95 Å². The highest BCUT2D eigenvalue weighted by atomic mass is 19.3. The lowest BCUT2D eigenvalue weighted by atomic mass is 9.85. The number of para-hydroxylation sites is 2. The predicted molar refractivity (Wildman–Crippen MR) is 148 cm³/mol. The number of imidazole rings is 1. The molecule has 1 aliphatic carbocycles. The van der Waals surface area contributed by atoms with Gasteiger partial charge in [0.15, 0.2) is 5.82 Å². The Balaban J connectivity index is 1.36. The first-order valence-corrected chi connectivity index (χ1v) is 13.8. The number of ether oxygens (including phenoxy) is 1. The van der Waals surface area contributed by atoms with E-state index >= 15 is 0 Å². The fraction of sp³-hybridized carbons (Fsp3) is 0.607. The molecule has 212 valence electrons. The third-order valence-corrected chi connectivity index (χ3v) is 7.67. The van der Waals surface area contributed by atoms with Crippen LogP contribution in [0.1, 0.15) is 51.8 Å². The fourth-order valence-electron chi connectivity index (χ4n) is 5.77. The average Bonchev–Trinajstić information content (AvgIpc) is 3.32. The van der Waals surface area contributed by atoms with E-state index in [0.29, 0.717) is 80.0 Å². The Morgan fingerprint density at radius 1 is 1.08 bits per heavy atom. The standard InChI is InChI=1S/C28H39F2N7O2/c1-28(2,38)18-35(3)20-10-8-19(9-11-20)17-31-27-33-23(36-12-14-39-15-13-36)16-24(34-27)37-22-7-5-4-6-21(22)32-26(37)25(29)30/h4-7,16,19-20,25,38H,8-15,17-18H2,1-3H3,(H,31,33,34)/t19-,20-. The maximum atomic E-state index is 14.1. The summed E-state index contributed by atoms with van der Waals surface area (Å²) in [6.07, 6.45) is 1.51. The van der Waals surface area contributed by atoms with Crippen molar-refractivity contribution in [2.75, 3.05) is 56.7 Å². The Morgan fingerprint density at radius 2 is 1.77 bits per heavy atom. The van der Waals surface area contributed by atoms with Crippen molar-refractivity contribution in [2.24, 2.45) is 5.92 Å². The van der Waals surface area contributed by atoms with Gasteiger partial charge in [-0.15, -0.1) is 0 Å². The average molecular weight is 544 g/mol. The van der Waals surface area contributed by atoms with E-state index in [4.69, 9.17) is 14.7 Å². The second kappa shape index (κ2) is 11.7. The molecule has 3 aromatic rings. The molecule has 9 nitrogen and oxygen atoms in total. The molecule has 2 aromatic heterocycles. The SMILES string of the molecule is CN(CC(C)(C)O)[C@H]1CC[C@H](CNc2nc(N3CCOCC3)cc(-n3c(C(F)F)nc4ccccc43)n2)CC1. The zero-order valence-electron chi connectivity index (χ0n) is 23.0. The Hall–Kier alpha value is -2.89. The summed E-state index contributed by atoms with van der Waals surface area (Å²) in [7, 11) is 2.08. The predicted octanol–water partition coefficient (Wildman–Crippen LogP) is 4.26. The van der Waals surface area contributed by atoms with Gasteiger partial charge in [-0.2, -0.15) is 9.97 Å². The molecular formula is C28H39F2N7O2. The quantitative estimate of drug-likeness (QED) is 0.414. The first-order chi connectivity index (χ1) is 18.7. The van der Waals surface area contributed by atoms with Crippen LogP contribution in [0.4, 0.5) is 20.5 Å². The molecule has 0 bridgehead atoms. The summed E-state index contributed by atoms with van der Waals surface area (Å²) in [4.78, 5) is 18.1. The first kappa shape index (κ1) is 27.7. The zero-order valence-corrected chi connectivity index (χ0v) is 23.0. The molecule has 0 amide bonds. The second-order valence-corrected chi connectivity index (χ2v) is 11.4. The number of aromatic nitrogens is 4. The Morgan fingerprint density at radius 3 is 2.46 bits per heavy atom. The number of hydrogen-bond acceptors (Lipinski definition) is 8. The molecule has 3 heterocycles. The molecule has 5 rings (SSSR count). The van der Waals surface area contributed by atoms with Crippen LogP contribution in [-0.4, -0.2) is 87.6 Å². The maximum absolute atomic E-state index is 14.1. The third-order valence-electron chi connectivity index (χ3n) is 7.67. The normalized spacial score (nSPS) is 20.8. The van der Waals surface area contributed by atoms with Gasteiger partial charge in [0.05, 0.1) is 29.8 Å². The van der Waals surface area contributed by atoms with Crippen molar-refractivity contribution >= 4 is 22.8 Å². The van der Waals surface area contributed by atoms with Gasteiger partial charge in [-0.3, -0.25) is 4.57 Å². The van der Waals surface area contributed by atoms with E-state index in [-0.39, 0.29) is 5.82 Å². The van der Waals surface area contributed by atoms with Gasteiger partial charge < -0.3 is 25.0 Å². The molecule has 1 aliphatic heterocycles. The summed E-state index contributed by atoms with van der Waals surface area (Å²) < 4.78 is 35.1. The van der Waals surface area contributed by atoms with Crippen LogP contribution < -0.4 is 10.2 Å². The van der Waals surface area contributed by atoms with Crippen molar-refractivity contribution < 1.29 is 18.6 Å². The van der Waals surface area contributed by atoms with E-state index in [1.54, 1.807) is 24.3 Å². The van der Waals surface area contributed by atoms with Gasteiger partial charge >= 0.3 is 0 Å². The number of rotatable bonds is 9. The van der Waals surface area contributed by atoms with Crippen molar-refractivity contribution in [1.29, 1.82) is 0 Å². The van der Waals surface area contributed by atoms with Crippen LogP contribution in [0.5, 0.6) is 0 Å². The number of fused-ring (bicyclic) bond motifs is 1. The molecule has 0 unspecified atom stereocenters. The topological polar surface area (TPSA) is 91.6 Å². The number of alkyl halides is 2. The van der Waals surface area contributed by atoms with E-state index in [1.807, 2.05) is 19.9 Å². The van der Waals surface area contributed by atoms with Gasteiger partial charge in [-0.25, -0.2) is 13.8 Å². The summed E-state index contributed by atoms with van der Waals surface area (Å²) >= 11 is 0. The minimum atomic E-state index is -2.75. The maximum Gasteiger partial charge on any atom is 0.296 e. The van der Waals surface area contributed by atoms with Crippen LogP contribution in [0, 0.1) is 5.92 Å².